The van der Waals surface area contributed by atoms with Crippen molar-refractivity contribution < 1.29 is 14.3 Å². The Balaban J connectivity index is 1.35. The van der Waals surface area contributed by atoms with E-state index >= 15 is 0 Å². The Kier molecular flexibility index (Phi) is 4.39. The van der Waals surface area contributed by atoms with Crippen LogP contribution in [-0.4, -0.2) is 41.1 Å². The average Bonchev–Trinajstić information content (AvgIpc) is 3.03. The predicted octanol–water partition coefficient (Wildman–Crippen LogP) is 1.94. The van der Waals surface area contributed by atoms with Gasteiger partial charge in [-0.1, -0.05) is 0 Å². The lowest BCUT2D eigenvalue weighted by Crippen LogP contribution is -2.49. The highest BCUT2D eigenvalue weighted by atomic mass is 16.5. The summed E-state index contributed by atoms with van der Waals surface area (Å²) in [7, 11) is 0. The number of amides is 2. The number of rotatable bonds is 3. The first-order valence-corrected chi connectivity index (χ1v) is 8.58. The van der Waals surface area contributed by atoms with Gasteiger partial charge in [0, 0.05) is 42.8 Å². The lowest BCUT2D eigenvalue weighted by Gasteiger charge is -2.33. The van der Waals surface area contributed by atoms with Crippen LogP contribution in [0.3, 0.4) is 0 Å². The number of nitrogens with zero attached hydrogens (tertiary/aromatic N) is 3. The van der Waals surface area contributed by atoms with Gasteiger partial charge in [-0.05, 0) is 37.1 Å². The molecule has 1 fully saturated rings. The molecule has 0 aliphatic carbocycles. The topological polar surface area (TPSA) is 96.4 Å². The highest BCUT2D eigenvalue weighted by Crippen LogP contribution is 2.23. The summed E-state index contributed by atoms with van der Waals surface area (Å²) in [6.07, 6.45) is 5.30. The van der Waals surface area contributed by atoms with Crippen LogP contribution in [0.1, 0.15) is 28.8 Å². The summed E-state index contributed by atoms with van der Waals surface area (Å²) in [5.41, 5.74) is 1.98. The van der Waals surface area contributed by atoms with Crippen LogP contribution in [0.2, 0.25) is 0 Å². The maximum Gasteiger partial charge on any atom is 0.338 e. The fourth-order valence-electron chi connectivity index (χ4n) is 3.29. The second-order valence-electron chi connectivity index (χ2n) is 6.38. The summed E-state index contributed by atoms with van der Waals surface area (Å²) in [5.74, 6) is 0.365. The Hall–Kier alpha value is -3.16. The van der Waals surface area contributed by atoms with E-state index in [1.54, 1.807) is 36.7 Å². The quantitative estimate of drug-likeness (QED) is 0.819. The van der Waals surface area contributed by atoms with E-state index in [9.17, 15) is 9.59 Å². The summed E-state index contributed by atoms with van der Waals surface area (Å²) >= 11 is 0. The van der Waals surface area contributed by atoms with E-state index < -0.39 is 0 Å². The van der Waals surface area contributed by atoms with Gasteiger partial charge in [0.2, 0.25) is 5.95 Å². The molecule has 0 unspecified atom stereocenters. The summed E-state index contributed by atoms with van der Waals surface area (Å²) < 4.78 is 4.97. The number of nitrogens with one attached hydrogen (secondary N) is 2. The van der Waals surface area contributed by atoms with Crippen LogP contribution in [0.5, 0.6) is 0 Å². The Morgan fingerprint density at radius 1 is 1.27 bits per heavy atom. The highest BCUT2D eigenvalue weighted by Gasteiger charge is 2.24. The van der Waals surface area contributed by atoms with Crippen molar-refractivity contribution in [3.05, 3.63) is 47.8 Å². The third-order valence-corrected chi connectivity index (χ3v) is 4.53. The predicted molar refractivity (Wildman–Crippen MR) is 95.0 cm³/mol. The van der Waals surface area contributed by atoms with Crippen LogP contribution in [-0.2, 0) is 11.3 Å². The van der Waals surface area contributed by atoms with Crippen molar-refractivity contribution in [1.82, 2.24) is 15.3 Å². The van der Waals surface area contributed by atoms with Gasteiger partial charge in [0.1, 0.15) is 6.61 Å². The molecule has 1 atom stereocenters. The number of benzene rings is 1. The van der Waals surface area contributed by atoms with Gasteiger partial charge in [0.05, 0.1) is 5.56 Å². The molecule has 2 amide bonds. The van der Waals surface area contributed by atoms with E-state index in [0.29, 0.717) is 23.7 Å². The number of hydrogen-bond acceptors (Lipinski definition) is 6. The Labute approximate surface area is 150 Å². The number of piperidine rings is 1. The van der Waals surface area contributed by atoms with Gasteiger partial charge in [-0.25, -0.2) is 19.6 Å². The van der Waals surface area contributed by atoms with Crippen molar-refractivity contribution in [3.8, 4) is 0 Å². The molecule has 134 valence electrons. The van der Waals surface area contributed by atoms with Gasteiger partial charge in [0.15, 0.2) is 0 Å². The molecule has 2 aliphatic heterocycles. The minimum Gasteiger partial charge on any atom is -0.457 e. The molecular formula is C18H19N5O3. The molecule has 0 spiro atoms. The van der Waals surface area contributed by atoms with Gasteiger partial charge in [-0.15, -0.1) is 0 Å². The summed E-state index contributed by atoms with van der Waals surface area (Å²) in [4.78, 5) is 34.4. The second-order valence-corrected chi connectivity index (χ2v) is 6.38. The lowest BCUT2D eigenvalue weighted by molar-refractivity contribution is 0.0535. The van der Waals surface area contributed by atoms with E-state index in [2.05, 4.69) is 25.5 Å². The van der Waals surface area contributed by atoms with E-state index in [1.807, 2.05) is 0 Å². The van der Waals surface area contributed by atoms with E-state index in [0.717, 1.165) is 24.9 Å². The third-order valence-electron chi connectivity index (χ3n) is 4.53. The number of cyclic esters (lactones) is 1. The number of fused-ring (bicyclic) bond motifs is 1. The standard InChI is InChI=1S/C18H19N5O3/c24-16-15-5-4-13(9-12(15)11-26-16)21-18(25)22-14-3-1-8-23(10-14)17-19-6-2-7-20-17/h2,4-7,9,14H,1,3,8,10-11H2,(H2,21,22,25)/t14-/m0/s1. The molecule has 2 N–H and O–H groups in total. The van der Waals surface area contributed by atoms with Crippen molar-refractivity contribution in [2.45, 2.75) is 25.5 Å². The first kappa shape index (κ1) is 16.3. The minimum atomic E-state index is -0.318. The van der Waals surface area contributed by atoms with Crippen molar-refractivity contribution in [2.75, 3.05) is 23.3 Å². The molecule has 0 bridgehead atoms. The molecule has 2 aliphatic rings. The number of carbonyl (C=O) groups is 2. The Morgan fingerprint density at radius 3 is 2.96 bits per heavy atom. The highest BCUT2D eigenvalue weighted by molar-refractivity contribution is 5.95. The normalized spacial score (nSPS) is 18.8. The maximum absolute atomic E-state index is 12.3. The largest absolute Gasteiger partial charge is 0.457 e. The van der Waals surface area contributed by atoms with E-state index in [4.69, 9.17) is 4.74 Å². The third kappa shape index (κ3) is 3.44. The number of aromatic nitrogens is 2. The van der Waals surface area contributed by atoms with Crippen LogP contribution in [0.4, 0.5) is 16.4 Å². The molecule has 0 saturated carbocycles. The number of urea groups is 1. The fourth-order valence-corrected chi connectivity index (χ4v) is 3.29. The molecule has 3 heterocycles. The van der Waals surface area contributed by atoms with Crippen LogP contribution < -0.4 is 15.5 Å². The zero-order valence-electron chi connectivity index (χ0n) is 14.1. The van der Waals surface area contributed by atoms with Crippen molar-refractivity contribution in [3.63, 3.8) is 0 Å². The first-order valence-electron chi connectivity index (χ1n) is 8.58. The number of hydrogen-bond donors (Lipinski definition) is 2. The van der Waals surface area contributed by atoms with Crippen molar-refractivity contribution in [2.24, 2.45) is 0 Å². The van der Waals surface area contributed by atoms with Crippen molar-refractivity contribution in [1.29, 1.82) is 0 Å². The number of ether oxygens (including phenoxy) is 1. The lowest BCUT2D eigenvalue weighted by atomic mass is 10.1. The molecule has 1 aromatic heterocycles. The SMILES string of the molecule is O=C(Nc1ccc2c(c1)COC2=O)N[C@H]1CCCN(c2ncccn2)C1. The Morgan fingerprint density at radius 2 is 2.12 bits per heavy atom. The molecule has 2 aromatic rings. The van der Waals surface area contributed by atoms with Gasteiger partial charge >= 0.3 is 12.0 Å². The average molecular weight is 353 g/mol. The van der Waals surface area contributed by atoms with Crippen LogP contribution in [0.25, 0.3) is 0 Å². The van der Waals surface area contributed by atoms with Crippen molar-refractivity contribution >= 4 is 23.6 Å². The molecular weight excluding hydrogens is 334 g/mol. The van der Waals surface area contributed by atoms with Gasteiger partial charge in [-0.3, -0.25) is 0 Å². The van der Waals surface area contributed by atoms with E-state index in [1.165, 1.54) is 0 Å². The zero-order chi connectivity index (χ0) is 17.9. The van der Waals surface area contributed by atoms with E-state index in [-0.39, 0.29) is 24.6 Å². The van der Waals surface area contributed by atoms with Gasteiger partial charge in [0.25, 0.3) is 0 Å². The number of carbonyl (C=O) groups excluding carboxylic acids is 2. The van der Waals surface area contributed by atoms with Gasteiger partial charge < -0.3 is 20.3 Å². The molecule has 0 radical (unpaired) electrons. The molecule has 1 aromatic carbocycles. The maximum atomic E-state index is 12.3. The fraction of sp³-hybridized carbons (Fsp3) is 0.333. The second kappa shape index (κ2) is 6.99. The molecule has 1 saturated heterocycles. The Bertz CT molecular complexity index is 827. The van der Waals surface area contributed by atoms with Crippen LogP contribution in [0, 0.1) is 0 Å². The minimum absolute atomic E-state index is 0.0203. The first-order chi connectivity index (χ1) is 12.7. The molecule has 4 rings (SSSR count). The monoisotopic (exact) mass is 353 g/mol. The van der Waals surface area contributed by atoms with Gasteiger partial charge in [-0.2, -0.15) is 0 Å². The number of anilines is 2. The van der Waals surface area contributed by atoms with Crippen LogP contribution >= 0.6 is 0 Å². The van der Waals surface area contributed by atoms with Crippen LogP contribution in [0.15, 0.2) is 36.7 Å². The smallest absolute Gasteiger partial charge is 0.338 e. The summed E-state index contributed by atoms with van der Waals surface area (Å²) in [5, 5.41) is 5.82. The summed E-state index contributed by atoms with van der Waals surface area (Å²) in [6, 6.07) is 6.69. The molecule has 26 heavy (non-hydrogen) atoms. The number of esters is 1. The molecule has 8 heteroatoms. The summed E-state index contributed by atoms with van der Waals surface area (Å²) in [6.45, 7) is 1.80. The molecule has 8 nitrogen and oxygen atoms in total. The zero-order valence-corrected chi connectivity index (χ0v) is 14.1.